The molecule has 19 heavy (non-hydrogen) atoms. The van der Waals surface area contributed by atoms with Crippen molar-refractivity contribution in [2.45, 2.75) is 24.1 Å². The Bertz CT molecular complexity index is 418. The van der Waals surface area contributed by atoms with Crippen LogP contribution in [0.4, 0.5) is 8.78 Å². The van der Waals surface area contributed by atoms with Gasteiger partial charge in [-0.05, 0) is 36.2 Å². The Morgan fingerprint density at radius 2 is 2.32 bits per heavy atom. The molecule has 0 spiro atoms. The van der Waals surface area contributed by atoms with Crippen LogP contribution in [0.15, 0.2) is 23.4 Å². The van der Waals surface area contributed by atoms with Crippen molar-refractivity contribution in [3.05, 3.63) is 23.9 Å². The molecule has 0 aromatic carbocycles. The van der Waals surface area contributed by atoms with Gasteiger partial charge in [0.1, 0.15) is 5.03 Å². The third-order valence-electron chi connectivity index (χ3n) is 2.45. The summed E-state index contributed by atoms with van der Waals surface area (Å²) in [5, 5.41) is 11.4. The van der Waals surface area contributed by atoms with Gasteiger partial charge in [0.05, 0.1) is 5.56 Å². The van der Waals surface area contributed by atoms with Gasteiger partial charge in [0.2, 0.25) is 0 Å². The number of aromatic nitrogens is 1. The molecule has 0 aliphatic heterocycles. The van der Waals surface area contributed by atoms with Gasteiger partial charge in [-0.3, -0.25) is 4.79 Å². The Hall–Kier alpha value is -1.21. The summed E-state index contributed by atoms with van der Waals surface area (Å²) in [6, 6.07) is 2.99. The summed E-state index contributed by atoms with van der Waals surface area (Å²) in [5.74, 6) is -2.92. The van der Waals surface area contributed by atoms with Gasteiger partial charge in [0, 0.05) is 19.3 Å². The lowest BCUT2D eigenvalue weighted by molar-refractivity contribution is 0.0941. The molecule has 1 atom stereocenters. The molecule has 4 nitrogen and oxygen atoms in total. The maximum absolute atomic E-state index is 12.3. The predicted octanol–water partition coefficient (Wildman–Crippen LogP) is 2.14. The lowest BCUT2D eigenvalue weighted by Crippen LogP contribution is -2.29. The zero-order valence-corrected chi connectivity index (χ0v) is 11.3. The highest BCUT2D eigenvalue weighted by atomic mass is 32.2. The van der Waals surface area contributed by atoms with Gasteiger partial charge in [-0.2, -0.15) is 8.78 Å². The second-order valence-electron chi connectivity index (χ2n) is 4.06. The molecule has 0 saturated carbocycles. The number of hydrogen-bond donors (Lipinski definition) is 2. The molecule has 0 aliphatic carbocycles. The van der Waals surface area contributed by atoms with E-state index in [2.05, 4.69) is 10.3 Å². The summed E-state index contributed by atoms with van der Waals surface area (Å²) in [7, 11) is 0. The zero-order chi connectivity index (χ0) is 14.3. The average molecular weight is 290 g/mol. The van der Waals surface area contributed by atoms with Crippen LogP contribution >= 0.6 is 11.8 Å². The maximum atomic E-state index is 12.3. The van der Waals surface area contributed by atoms with Crippen LogP contribution in [-0.2, 0) is 0 Å². The number of hydrogen-bond acceptors (Lipinski definition) is 4. The number of carbonyl (C=O) groups excluding carboxylic acids is 1. The highest BCUT2D eigenvalue weighted by Crippen LogP contribution is 2.26. The molecule has 0 radical (unpaired) electrons. The fourth-order valence-electron chi connectivity index (χ4n) is 1.43. The van der Waals surface area contributed by atoms with Crippen LogP contribution in [0.2, 0.25) is 0 Å². The van der Waals surface area contributed by atoms with Crippen molar-refractivity contribution in [2.24, 2.45) is 5.92 Å². The molecule has 106 valence electrons. The van der Waals surface area contributed by atoms with Crippen molar-refractivity contribution >= 4 is 17.7 Å². The number of nitrogens with zero attached hydrogens (tertiary/aromatic N) is 1. The molecule has 1 rings (SSSR count). The van der Waals surface area contributed by atoms with E-state index in [-0.39, 0.29) is 34.9 Å². The molecule has 2 N–H and O–H groups in total. The van der Waals surface area contributed by atoms with Crippen LogP contribution in [0.3, 0.4) is 0 Å². The Balaban J connectivity index is 2.66. The van der Waals surface area contributed by atoms with Crippen LogP contribution in [0.1, 0.15) is 23.7 Å². The monoisotopic (exact) mass is 290 g/mol. The van der Waals surface area contributed by atoms with Crippen molar-refractivity contribution in [2.75, 3.05) is 13.2 Å². The zero-order valence-electron chi connectivity index (χ0n) is 10.5. The normalized spacial score (nSPS) is 12.5. The number of pyridine rings is 1. The van der Waals surface area contributed by atoms with E-state index in [1.807, 2.05) is 6.92 Å². The molecule has 0 aliphatic rings. The lowest BCUT2D eigenvalue weighted by Gasteiger charge is -2.12. The Kier molecular flexibility index (Phi) is 6.72. The largest absolute Gasteiger partial charge is 0.396 e. The Morgan fingerprint density at radius 1 is 1.58 bits per heavy atom. The highest BCUT2D eigenvalue weighted by Gasteiger charge is 2.16. The summed E-state index contributed by atoms with van der Waals surface area (Å²) in [4.78, 5) is 15.7. The summed E-state index contributed by atoms with van der Waals surface area (Å²) in [6.45, 7) is 2.32. The fraction of sp³-hybridized carbons (Fsp3) is 0.500. The summed E-state index contributed by atoms with van der Waals surface area (Å²) in [5.41, 5.74) is 0.143. The molecule has 1 amide bonds. The molecule has 1 aromatic rings. The quantitative estimate of drug-likeness (QED) is 0.755. The van der Waals surface area contributed by atoms with Crippen molar-refractivity contribution in [3.63, 3.8) is 0 Å². The molecular weight excluding hydrogens is 274 g/mol. The smallest absolute Gasteiger partial charge is 0.290 e. The molecule has 0 fully saturated rings. The van der Waals surface area contributed by atoms with E-state index >= 15 is 0 Å². The van der Waals surface area contributed by atoms with Gasteiger partial charge in [-0.1, -0.05) is 6.92 Å². The van der Waals surface area contributed by atoms with E-state index in [1.54, 1.807) is 0 Å². The molecule has 1 unspecified atom stereocenters. The van der Waals surface area contributed by atoms with Crippen molar-refractivity contribution in [1.29, 1.82) is 0 Å². The van der Waals surface area contributed by atoms with E-state index in [0.29, 0.717) is 13.0 Å². The fourth-order valence-corrected chi connectivity index (χ4v) is 2.00. The first-order chi connectivity index (χ1) is 9.04. The summed E-state index contributed by atoms with van der Waals surface area (Å²) < 4.78 is 24.7. The minimum atomic E-state index is -2.62. The second-order valence-corrected chi connectivity index (χ2v) is 5.04. The Labute approximate surface area is 114 Å². The highest BCUT2D eigenvalue weighted by molar-refractivity contribution is 7.99. The molecule has 7 heteroatoms. The van der Waals surface area contributed by atoms with Crippen molar-refractivity contribution in [1.82, 2.24) is 10.3 Å². The number of carbonyl (C=O) groups is 1. The number of nitrogens with one attached hydrogen (secondary N) is 1. The average Bonchev–Trinajstić information content (AvgIpc) is 2.36. The van der Waals surface area contributed by atoms with Crippen molar-refractivity contribution < 1.29 is 18.7 Å². The first kappa shape index (κ1) is 15.8. The topological polar surface area (TPSA) is 62.2 Å². The molecular formula is C12H16F2N2O2S. The first-order valence-corrected chi connectivity index (χ1v) is 6.71. The van der Waals surface area contributed by atoms with Gasteiger partial charge in [0.15, 0.2) is 0 Å². The number of rotatable bonds is 7. The van der Waals surface area contributed by atoms with E-state index in [1.165, 1.54) is 18.3 Å². The molecule has 0 bridgehead atoms. The van der Waals surface area contributed by atoms with Crippen molar-refractivity contribution in [3.8, 4) is 0 Å². The number of halogens is 2. The van der Waals surface area contributed by atoms with Crippen LogP contribution in [0.5, 0.6) is 0 Å². The van der Waals surface area contributed by atoms with Crippen LogP contribution < -0.4 is 5.32 Å². The predicted molar refractivity (Wildman–Crippen MR) is 69.3 cm³/mol. The van der Waals surface area contributed by atoms with Gasteiger partial charge < -0.3 is 10.4 Å². The number of alkyl halides is 2. The third kappa shape index (κ3) is 5.52. The summed E-state index contributed by atoms with van der Waals surface area (Å²) >= 11 is 0.253. The number of thioether (sulfide) groups is 1. The van der Waals surface area contributed by atoms with Gasteiger partial charge in [0.25, 0.3) is 11.7 Å². The maximum Gasteiger partial charge on any atom is 0.290 e. The lowest BCUT2D eigenvalue weighted by atomic mass is 10.1. The molecule has 0 saturated heterocycles. The minimum absolute atomic E-state index is 0.0183. The second kappa shape index (κ2) is 8.06. The van der Waals surface area contributed by atoms with E-state index in [4.69, 9.17) is 5.11 Å². The van der Waals surface area contributed by atoms with E-state index < -0.39 is 11.7 Å². The SMILES string of the molecule is CC(CCO)CNC(=O)c1cccnc1SC(F)F. The number of aliphatic hydroxyl groups excluding tert-OH is 1. The van der Waals surface area contributed by atoms with Crippen LogP contribution in [0.25, 0.3) is 0 Å². The molecule has 1 aromatic heterocycles. The van der Waals surface area contributed by atoms with E-state index in [0.717, 1.165) is 0 Å². The van der Waals surface area contributed by atoms with Crippen LogP contribution in [-0.4, -0.2) is 34.9 Å². The van der Waals surface area contributed by atoms with E-state index in [9.17, 15) is 13.6 Å². The van der Waals surface area contributed by atoms with Gasteiger partial charge >= 0.3 is 0 Å². The number of aliphatic hydroxyl groups is 1. The minimum Gasteiger partial charge on any atom is -0.396 e. The van der Waals surface area contributed by atoms with Gasteiger partial charge in [-0.25, -0.2) is 4.98 Å². The summed E-state index contributed by atoms with van der Waals surface area (Å²) in [6.07, 6.45) is 1.95. The first-order valence-electron chi connectivity index (χ1n) is 5.83. The third-order valence-corrected chi connectivity index (χ3v) is 3.18. The molecule has 1 heterocycles. The standard InChI is InChI=1S/C12H16F2N2O2S/c1-8(4-6-17)7-16-10(18)9-3-2-5-15-11(9)19-12(13)14/h2-3,5,8,12,17H,4,6-7H2,1H3,(H,16,18). The Morgan fingerprint density at radius 3 is 2.95 bits per heavy atom. The van der Waals surface area contributed by atoms with Crippen LogP contribution in [0, 0.1) is 5.92 Å². The van der Waals surface area contributed by atoms with Gasteiger partial charge in [-0.15, -0.1) is 0 Å². The number of amides is 1.